The van der Waals surface area contributed by atoms with Crippen LogP contribution in [-0.2, 0) is 0 Å². The molecule has 0 saturated carbocycles. The molecule has 0 aliphatic rings. The second-order valence-corrected chi connectivity index (χ2v) is 20.5. The number of para-hydroxylation sites is 4. The van der Waals surface area contributed by atoms with Gasteiger partial charge in [-0.1, -0.05) is 121 Å². The second kappa shape index (κ2) is 14.4. The van der Waals surface area contributed by atoms with Gasteiger partial charge in [-0.15, -0.1) is 22.7 Å². The number of hydrogen-bond acceptors (Lipinski definition) is 2. The highest BCUT2D eigenvalue weighted by Gasteiger charge is 2.23. The van der Waals surface area contributed by atoms with Gasteiger partial charge in [0.2, 0.25) is 0 Å². The van der Waals surface area contributed by atoms with Crippen LogP contribution in [0.3, 0.4) is 0 Å². The van der Waals surface area contributed by atoms with Crippen molar-refractivity contribution in [2.24, 2.45) is 0 Å². The summed E-state index contributed by atoms with van der Waals surface area (Å²) in [5.41, 5.74) is 14.3. The first-order valence-electron chi connectivity index (χ1n) is 23.8. The van der Waals surface area contributed by atoms with Crippen molar-refractivity contribution in [2.45, 2.75) is 0 Å². The van der Waals surface area contributed by atoms with Crippen molar-refractivity contribution >= 4 is 129 Å². The summed E-state index contributed by atoms with van der Waals surface area (Å²) >= 11 is 3.77. The van der Waals surface area contributed by atoms with E-state index in [1.54, 1.807) is 0 Å². The molecule has 0 bridgehead atoms. The first kappa shape index (κ1) is 38.3. The highest BCUT2D eigenvalue weighted by Crippen LogP contribution is 2.47. The number of fused-ring (bicyclic) bond motifs is 16. The molecule has 4 nitrogen and oxygen atoms in total. The lowest BCUT2D eigenvalue weighted by atomic mass is 10.00. The van der Waals surface area contributed by atoms with Gasteiger partial charge in [0, 0.05) is 86.0 Å². The molecule has 6 heteroatoms. The Balaban J connectivity index is 0.898. The molecule has 0 amide bonds. The molecule has 326 valence electrons. The van der Waals surface area contributed by atoms with E-state index in [2.05, 4.69) is 249 Å². The molecule has 0 atom stereocenters. The zero-order chi connectivity index (χ0) is 45.6. The standard InChI is InChI=1S/C64H38N4S2/c1-3-15-41(16-4-1)65-53-23-11-7-19-45(53)49-37-43(29-33-55(49)65)67-57-31-27-39(35-51(57)61-47-21-9-13-25-59(47)69-63(61)67)40-28-32-58-52(36-40)62-48-22-10-14-26-60(48)70-64(62)68(58)44-30-34-56-50(38-44)46-20-8-12-24-54(46)66(56)42-17-5-2-6-18-42/h1-38H. The van der Waals surface area contributed by atoms with E-state index in [0.717, 1.165) is 0 Å². The summed E-state index contributed by atoms with van der Waals surface area (Å²) in [6.07, 6.45) is 0. The minimum atomic E-state index is 1.17. The van der Waals surface area contributed by atoms with E-state index < -0.39 is 0 Å². The molecular formula is C64H38N4S2. The summed E-state index contributed by atoms with van der Waals surface area (Å²) in [5, 5.41) is 12.8. The molecule has 0 aliphatic heterocycles. The highest BCUT2D eigenvalue weighted by molar-refractivity contribution is 7.26. The Kier molecular flexibility index (Phi) is 7.89. The number of nitrogens with zero attached hydrogens (tertiary/aromatic N) is 4. The third-order valence-electron chi connectivity index (χ3n) is 14.8. The molecular weight excluding hydrogens is 889 g/mol. The predicted octanol–water partition coefficient (Wildman–Crippen LogP) is 18.2. The van der Waals surface area contributed by atoms with E-state index in [-0.39, 0.29) is 0 Å². The highest BCUT2D eigenvalue weighted by atomic mass is 32.1. The normalized spacial score (nSPS) is 12.3. The van der Waals surface area contributed by atoms with Crippen molar-refractivity contribution < 1.29 is 0 Å². The van der Waals surface area contributed by atoms with Crippen LogP contribution in [0.4, 0.5) is 0 Å². The van der Waals surface area contributed by atoms with Gasteiger partial charge in [-0.05, 0) is 120 Å². The maximum atomic E-state index is 2.51. The fraction of sp³-hybridized carbons (Fsp3) is 0. The third-order valence-corrected chi connectivity index (χ3v) is 17.1. The Bertz CT molecular complexity index is 4520. The van der Waals surface area contributed by atoms with E-state index in [4.69, 9.17) is 0 Å². The largest absolute Gasteiger partial charge is 0.309 e. The van der Waals surface area contributed by atoms with Crippen molar-refractivity contribution in [1.82, 2.24) is 18.3 Å². The molecule has 0 aliphatic carbocycles. The molecule has 0 saturated heterocycles. The Morgan fingerprint density at radius 1 is 0.229 bits per heavy atom. The summed E-state index contributed by atoms with van der Waals surface area (Å²) in [5.74, 6) is 0. The fourth-order valence-electron chi connectivity index (χ4n) is 11.8. The van der Waals surface area contributed by atoms with Gasteiger partial charge in [0.25, 0.3) is 0 Å². The SMILES string of the molecule is c1ccc(-n2c3ccccc3c3cc(-n4c5ccc(-c6ccc7c(c6)c6c8ccccc8sc6n7-c6ccc7c(c6)c6ccccc6n7-c6ccccc6)cc5c5c6ccccc6sc54)ccc32)cc1. The summed E-state index contributed by atoms with van der Waals surface area (Å²) in [6.45, 7) is 0. The van der Waals surface area contributed by atoms with Crippen LogP contribution in [0, 0.1) is 0 Å². The van der Waals surface area contributed by atoms with Gasteiger partial charge in [0.05, 0.1) is 33.1 Å². The lowest BCUT2D eigenvalue weighted by Gasteiger charge is -2.11. The first-order chi connectivity index (χ1) is 34.7. The molecule has 6 heterocycles. The topological polar surface area (TPSA) is 19.7 Å². The summed E-state index contributed by atoms with van der Waals surface area (Å²) in [7, 11) is 0. The van der Waals surface area contributed by atoms with Gasteiger partial charge in [-0.3, -0.25) is 0 Å². The van der Waals surface area contributed by atoms with E-state index in [1.165, 1.54) is 140 Å². The van der Waals surface area contributed by atoms with Crippen LogP contribution in [0.2, 0.25) is 0 Å². The van der Waals surface area contributed by atoms with Crippen molar-refractivity contribution in [1.29, 1.82) is 0 Å². The van der Waals surface area contributed by atoms with Crippen molar-refractivity contribution in [3.63, 3.8) is 0 Å². The predicted molar refractivity (Wildman–Crippen MR) is 300 cm³/mol. The minimum Gasteiger partial charge on any atom is -0.309 e. The van der Waals surface area contributed by atoms with Crippen LogP contribution in [0.5, 0.6) is 0 Å². The zero-order valence-corrected chi connectivity index (χ0v) is 39.2. The average molecular weight is 927 g/mol. The molecule has 70 heavy (non-hydrogen) atoms. The van der Waals surface area contributed by atoms with Crippen LogP contribution >= 0.6 is 22.7 Å². The monoisotopic (exact) mass is 926 g/mol. The van der Waals surface area contributed by atoms with Gasteiger partial charge in [0.15, 0.2) is 0 Å². The number of hydrogen-bond donors (Lipinski definition) is 0. The number of rotatable bonds is 5. The fourth-order valence-corrected chi connectivity index (χ4v) is 14.3. The smallest absolute Gasteiger partial charge is 0.109 e. The molecule has 0 unspecified atom stereocenters. The van der Waals surface area contributed by atoms with E-state index in [9.17, 15) is 0 Å². The summed E-state index contributed by atoms with van der Waals surface area (Å²) in [4.78, 5) is 2.53. The van der Waals surface area contributed by atoms with Crippen LogP contribution in [0.1, 0.15) is 0 Å². The number of thiophene rings is 2. The molecule has 0 fully saturated rings. The van der Waals surface area contributed by atoms with Gasteiger partial charge < -0.3 is 18.3 Å². The number of benzene rings is 10. The van der Waals surface area contributed by atoms with Crippen LogP contribution in [0.15, 0.2) is 231 Å². The Morgan fingerprint density at radius 3 is 1.04 bits per heavy atom. The molecule has 0 radical (unpaired) electrons. The summed E-state index contributed by atoms with van der Waals surface area (Å²) < 4.78 is 12.4. The van der Waals surface area contributed by atoms with Gasteiger partial charge in [-0.25, -0.2) is 0 Å². The van der Waals surface area contributed by atoms with Crippen LogP contribution < -0.4 is 0 Å². The Labute approximate surface area is 408 Å². The van der Waals surface area contributed by atoms with Crippen LogP contribution in [0.25, 0.3) is 140 Å². The van der Waals surface area contributed by atoms with Gasteiger partial charge >= 0.3 is 0 Å². The molecule has 16 rings (SSSR count). The Hall–Kier alpha value is -8.68. The number of aromatic nitrogens is 4. The van der Waals surface area contributed by atoms with Crippen molar-refractivity contribution in [3.05, 3.63) is 231 Å². The van der Waals surface area contributed by atoms with Gasteiger partial charge in [-0.2, -0.15) is 0 Å². The molecule has 16 aromatic rings. The third kappa shape index (κ3) is 5.29. The lowest BCUT2D eigenvalue weighted by Crippen LogP contribution is -1.95. The average Bonchev–Trinajstić information content (AvgIpc) is 4.26. The zero-order valence-electron chi connectivity index (χ0n) is 37.5. The molecule has 0 N–H and O–H groups in total. The minimum absolute atomic E-state index is 1.17. The molecule has 10 aromatic carbocycles. The van der Waals surface area contributed by atoms with E-state index in [0.29, 0.717) is 0 Å². The Morgan fingerprint density at radius 2 is 0.586 bits per heavy atom. The molecule has 6 aromatic heterocycles. The van der Waals surface area contributed by atoms with E-state index >= 15 is 0 Å². The maximum Gasteiger partial charge on any atom is 0.109 e. The van der Waals surface area contributed by atoms with Crippen LogP contribution in [-0.4, -0.2) is 18.3 Å². The molecule has 0 spiro atoms. The second-order valence-electron chi connectivity index (χ2n) is 18.5. The lowest BCUT2D eigenvalue weighted by molar-refractivity contribution is 1.17. The van der Waals surface area contributed by atoms with E-state index in [1.807, 2.05) is 22.7 Å². The first-order valence-corrected chi connectivity index (χ1v) is 25.5. The summed E-state index contributed by atoms with van der Waals surface area (Å²) in [6, 6.07) is 85.2. The quantitative estimate of drug-likeness (QED) is 0.164. The van der Waals surface area contributed by atoms with Gasteiger partial charge in [0.1, 0.15) is 9.66 Å². The van der Waals surface area contributed by atoms with Crippen molar-refractivity contribution in [2.75, 3.05) is 0 Å². The maximum absolute atomic E-state index is 2.51. The van der Waals surface area contributed by atoms with Crippen molar-refractivity contribution in [3.8, 4) is 33.9 Å².